The van der Waals surface area contributed by atoms with E-state index in [1.165, 1.54) is 6.07 Å². The van der Waals surface area contributed by atoms with Crippen molar-refractivity contribution in [2.45, 2.75) is 51.6 Å². The number of hydrogen-bond acceptors (Lipinski definition) is 6. The van der Waals surface area contributed by atoms with Gasteiger partial charge in [0.05, 0.1) is 17.2 Å². The number of aryl methyl sites for hydroxylation is 2. The zero-order chi connectivity index (χ0) is 25.5. The van der Waals surface area contributed by atoms with Gasteiger partial charge in [-0.15, -0.1) is 5.10 Å². The zero-order valence-corrected chi connectivity index (χ0v) is 21.3. The van der Waals surface area contributed by atoms with E-state index in [2.05, 4.69) is 43.3 Å². The summed E-state index contributed by atoms with van der Waals surface area (Å²) in [4.78, 5) is 21.1. The molecule has 1 atom stereocenters. The van der Waals surface area contributed by atoms with E-state index in [1.54, 1.807) is 6.07 Å². The Hall–Kier alpha value is -3.59. The molecule has 6 rings (SSSR count). The van der Waals surface area contributed by atoms with Gasteiger partial charge in [-0.2, -0.15) is 0 Å². The van der Waals surface area contributed by atoms with E-state index in [0.29, 0.717) is 43.3 Å². The van der Waals surface area contributed by atoms with Gasteiger partial charge in [0.25, 0.3) is 5.56 Å². The fraction of sp³-hybridized carbons (Fsp3) is 0.429. The molecule has 4 aromatic rings. The summed E-state index contributed by atoms with van der Waals surface area (Å²) in [5.74, 6) is 0.496. The van der Waals surface area contributed by atoms with Crippen molar-refractivity contribution in [3.63, 3.8) is 0 Å². The molecule has 1 saturated carbocycles. The molecule has 8 nitrogen and oxygen atoms in total. The van der Waals surface area contributed by atoms with E-state index in [4.69, 9.17) is 0 Å². The summed E-state index contributed by atoms with van der Waals surface area (Å²) in [5.41, 5.74) is 4.15. The van der Waals surface area contributed by atoms with Crippen molar-refractivity contribution < 1.29 is 4.39 Å². The zero-order valence-electron chi connectivity index (χ0n) is 21.3. The van der Waals surface area contributed by atoms with Gasteiger partial charge >= 0.3 is 0 Å². The maximum Gasteiger partial charge on any atom is 0.253 e. The van der Waals surface area contributed by atoms with Gasteiger partial charge in [-0.25, -0.2) is 9.07 Å². The lowest BCUT2D eigenvalue weighted by Gasteiger charge is -2.40. The van der Waals surface area contributed by atoms with Gasteiger partial charge in [0.1, 0.15) is 11.9 Å². The molecule has 37 heavy (non-hydrogen) atoms. The highest BCUT2D eigenvalue weighted by molar-refractivity contribution is 5.85. The Kier molecular flexibility index (Phi) is 6.24. The highest BCUT2D eigenvalue weighted by atomic mass is 19.1. The normalized spacial score (nSPS) is 18.1. The fourth-order valence-corrected chi connectivity index (χ4v) is 6.01. The van der Waals surface area contributed by atoms with Crippen LogP contribution in [0.15, 0.2) is 47.3 Å². The molecule has 2 aliphatic rings. The summed E-state index contributed by atoms with van der Waals surface area (Å²) in [7, 11) is 0. The first-order chi connectivity index (χ1) is 18.0. The second kappa shape index (κ2) is 9.70. The van der Waals surface area contributed by atoms with E-state index < -0.39 is 6.04 Å². The predicted molar refractivity (Wildman–Crippen MR) is 141 cm³/mol. The summed E-state index contributed by atoms with van der Waals surface area (Å²) >= 11 is 0. The van der Waals surface area contributed by atoms with Crippen LogP contribution in [0.5, 0.6) is 0 Å². The van der Waals surface area contributed by atoms with Gasteiger partial charge in [0.2, 0.25) is 0 Å². The van der Waals surface area contributed by atoms with Gasteiger partial charge in [0, 0.05) is 37.1 Å². The lowest BCUT2D eigenvalue weighted by atomic mass is 9.99. The monoisotopic (exact) mass is 501 g/mol. The Labute approximate surface area is 215 Å². The van der Waals surface area contributed by atoms with Crippen LogP contribution < -0.4 is 10.5 Å². The number of nitrogens with zero attached hydrogens (tertiary/aromatic N) is 6. The van der Waals surface area contributed by atoms with Crippen LogP contribution in [0.25, 0.3) is 10.9 Å². The molecule has 1 saturated heterocycles. The van der Waals surface area contributed by atoms with E-state index >= 15 is 0 Å². The summed E-state index contributed by atoms with van der Waals surface area (Å²) in [6.07, 6.45) is 4.40. The average molecular weight is 502 g/mol. The van der Waals surface area contributed by atoms with E-state index in [9.17, 15) is 9.18 Å². The van der Waals surface area contributed by atoms with Crippen molar-refractivity contribution in [2.24, 2.45) is 0 Å². The number of nitrogens with one attached hydrogen (secondary N) is 1. The van der Waals surface area contributed by atoms with Crippen LogP contribution in [-0.4, -0.2) is 56.3 Å². The van der Waals surface area contributed by atoms with Crippen molar-refractivity contribution in [3.05, 3.63) is 81.2 Å². The molecule has 0 unspecified atom stereocenters. The maximum absolute atomic E-state index is 14.5. The molecule has 3 heterocycles. The topological polar surface area (TPSA) is 82.9 Å². The third kappa shape index (κ3) is 4.31. The molecule has 2 aromatic heterocycles. The van der Waals surface area contributed by atoms with Crippen molar-refractivity contribution in [2.75, 3.05) is 31.1 Å². The molecule has 0 amide bonds. The second-order valence-electron chi connectivity index (χ2n) is 10.3. The van der Waals surface area contributed by atoms with Gasteiger partial charge in [-0.3, -0.25) is 9.69 Å². The SMILES string of the molecule is Cc1ccc(C)c2[nH]c(=O)c([C@H](c3nnnn3C3CCCC3)N3CCN(c4ccccc4F)CC3)cc12. The smallest absolute Gasteiger partial charge is 0.253 e. The van der Waals surface area contributed by atoms with E-state index in [0.717, 1.165) is 47.7 Å². The molecule has 192 valence electrons. The minimum atomic E-state index is -0.397. The minimum Gasteiger partial charge on any atom is -0.367 e. The van der Waals surface area contributed by atoms with Gasteiger partial charge in [-0.05, 0) is 66.4 Å². The number of aromatic nitrogens is 5. The molecule has 0 radical (unpaired) electrons. The Bertz CT molecular complexity index is 1480. The first-order valence-corrected chi connectivity index (χ1v) is 13.2. The summed E-state index contributed by atoms with van der Waals surface area (Å²) in [6, 6.07) is 12.9. The number of pyridine rings is 1. The largest absolute Gasteiger partial charge is 0.367 e. The molecular weight excluding hydrogens is 469 g/mol. The molecule has 1 aliphatic carbocycles. The number of halogens is 1. The summed E-state index contributed by atoms with van der Waals surface area (Å²) in [5, 5.41) is 14.0. The lowest BCUT2D eigenvalue weighted by molar-refractivity contribution is 0.196. The highest BCUT2D eigenvalue weighted by Gasteiger charge is 2.35. The van der Waals surface area contributed by atoms with E-state index in [-0.39, 0.29) is 17.4 Å². The van der Waals surface area contributed by atoms with Crippen LogP contribution in [0.1, 0.15) is 60.3 Å². The van der Waals surface area contributed by atoms with E-state index in [1.807, 2.05) is 35.9 Å². The third-order valence-electron chi connectivity index (χ3n) is 8.07. The summed E-state index contributed by atoms with van der Waals surface area (Å²) < 4.78 is 16.4. The average Bonchev–Trinajstić information content (AvgIpc) is 3.60. The number of rotatable bonds is 5. The number of para-hydroxylation sites is 1. The number of H-pyrrole nitrogens is 1. The highest BCUT2D eigenvalue weighted by Crippen LogP contribution is 2.35. The molecular formula is C28H32FN7O. The molecule has 2 fully saturated rings. The number of piperazine rings is 1. The predicted octanol–water partition coefficient (Wildman–Crippen LogP) is 4.30. The van der Waals surface area contributed by atoms with Crippen LogP contribution >= 0.6 is 0 Å². The van der Waals surface area contributed by atoms with Gasteiger partial charge < -0.3 is 9.88 Å². The Morgan fingerprint density at radius 1 is 1.00 bits per heavy atom. The fourth-order valence-electron chi connectivity index (χ4n) is 6.01. The number of fused-ring (bicyclic) bond motifs is 1. The van der Waals surface area contributed by atoms with Crippen LogP contribution in [0.2, 0.25) is 0 Å². The van der Waals surface area contributed by atoms with Crippen LogP contribution in [0.3, 0.4) is 0 Å². The number of tetrazole rings is 1. The third-order valence-corrected chi connectivity index (χ3v) is 8.07. The number of anilines is 1. The molecule has 0 spiro atoms. The van der Waals surface area contributed by atoms with Gasteiger partial charge in [-0.1, -0.05) is 37.1 Å². The van der Waals surface area contributed by atoms with Crippen molar-refractivity contribution in [1.82, 2.24) is 30.1 Å². The first kappa shape index (κ1) is 23.8. The van der Waals surface area contributed by atoms with Crippen molar-refractivity contribution in [3.8, 4) is 0 Å². The maximum atomic E-state index is 14.5. The molecule has 1 N–H and O–H groups in total. The Morgan fingerprint density at radius 2 is 1.73 bits per heavy atom. The molecule has 2 aromatic carbocycles. The Balaban J connectivity index is 1.42. The molecule has 9 heteroatoms. The second-order valence-corrected chi connectivity index (χ2v) is 10.3. The van der Waals surface area contributed by atoms with Crippen molar-refractivity contribution >= 4 is 16.6 Å². The van der Waals surface area contributed by atoms with Crippen LogP contribution in [0.4, 0.5) is 10.1 Å². The van der Waals surface area contributed by atoms with Crippen molar-refractivity contribution in [1.29, 1.82) is 0 Å². The quantitative estimate of drug-likeness (QED) is 0.439. The van der Waals surface area contributed by atoms with Crippen LogP contribution in [-0.2, 0) is 0 Å². The number of aromatic amines is 1. The number of hydrogen-bond donors (Lipinski definition) is 1. The van der Waals surface area contributed by atoms with Gasteiger partial charge in [0.15, 0.2) is 5.82 Å². The molecule has 1 aliphatic heterocycles. The first-order valence-electron chi connectivity index (χ1n) is 13.2. The minimum absolute atomic E-state index is 0.122. The Morgan fingerprint density at radius 3 is 2.49 bits per heavy atom. The number of benzene rings is 2. The standard InChI is InChI=1S/C28H32FN7O/c1-18-11-12-19(2)25-21(18)17-22(28(37)30-25)26(27-31-32-33-36(27)20-7-3-4-8-20)35-15-13-34(14-16-35)24-10-6-5-9-23(24)29/h5-6,9-12,17,20,26H,3-4,7-8,13-16H2,1-2H3,(H,30,37)/t26-/m1/s1. The summed E-state index contributed by atoms with van der Waals surface area (Å²) in [6.45, 7) is 6.67. The van der Waals surface area contributed by atoms with Crippen LogP contribution in [0, 0.1) is 19.7 Å². The molecule has 0 bridgehead atoms. The lowest BCUT2D eigenvalue weighted by Crippen LogP contribution is -2.49.